The predicted octanol–water partition coefficient (Wildman–Crippen LogP) is 0.783. The quantitative estimate of drug-likeness (QED) is 0.592. The van der Waals surface area contributed by atoms with Gasteiger partial charge in [0.25, 0.3) is 0 Å². The summed E-state index contributed by atoms with van der Waals surface area (Å²) in [7, 11) is 0. The number of carbonyl (C=O) groups is 1. The van der Waals surface area contributed by atoms with Crippen LogP contribution in [0.5, 0.6) is 0 Å². The summed E-state index contributed by atoms with van der Waals surface area (Å²) in [6.07, 6.45) is 0. The van der Waals surface area contributed by atoms with Crippen molar-refractivity contribution in [3.63, 3.8) is 0 Å². The number of hydrogen-bond acceptors (Lipinski definition) is 4. The third-order valence-corrected chi connectivity index (χ3v) is 1.78. The van der Waals surface area contributed by atoms with Gasteiger partial charge >= 0.3 is 5.97 Å². The van der Waals surface area contributed by atoms with Crippen LogP contribution in [0.15, 0.2) is 0 Å². The Bertz CT molecular complexity index is 198. The van der Waals surface area contributed by atoms with E-state index in [4.69, 9.17) is 10.00 Å². The molecule has 1 unspecified atom stereocenters. The Morgan fingerprint density at radius 1 is 1.62 bits per heavy atom. The standard InChI is InChI=1S/C9H16N2O2/c1-4-11(8(3)6-10)7-9(12)13-5-2/h8H,4-5,7H2,1-3H3. The lowest BCUT2D eigenvalue weighted by atomic mass is 10.3. The summed E-state index contributed by atoms with van der Waals surface area (Å²) < 4.78 is 4.78. The van der Waals surface area contributed by atoms with Gasteiger partial charge in [-0.05, 0) is 20.4 Å². The van der Waals surface area contributed by atoms with Crippen LogP contribution in [-0.2, 0) is 9.53 Å². The second kappa shape index (κ2) is 6.44. The Labute approximate surface area is 79.1 Å². The fraction of sp³-hybridized carbons (Fsp3) is 0.778. The smallest absolute Gasteiger partial charge is 0.320 e. The lowest BCUT2D eigenvalue weighted by molar-refractivity contribution is -0.144. The van der Waals surface area contributed by atoms with E-state index >= 15 is 0 Å². The van der Waals surface area contributed by atoms with E-state index in [1.807, 2.05) is 6.92 Å². The maximum atomic E-state index is 11.1. The highest BCUT2D eigenvalue weighted by atomic mass is 16.5. The van der Waals surface area contributed by atoms with Gasteiger partial charge in [0.1, 0.15) is 0 Å². The molecule has 0 heterocycles. The van der Waals surface area contributed by atoms with Crippen LogP contribution in [0.3, 0.4) is 0 Å². The first-order valence-electron chi connectivity index (χ1n) is 4.44. The number of nitrogens with zero attached hydrogens (tertiary/aromatic N) is 2. The average Bonchev–Trinajstić information content (AvgIpc) is 2.13. The van der Waals surface area contributed by atoms with Crippen LogP contribution in [0.2, 0.25) is 0 Å². The van der Waals surface area contributed by atoms with Gasteiger partial charge in [0, 0.05) is 0 Å². The summed E-state index contributed by atoms with van der Waals surface area (Å²) in [5, 5.41) is 8.64. The van der Waals surface area contributed by atoms with Crippen LogP contribution in [0.4, 0.5) is 0 Å². The highest BCUT2D eigenvalue weighted by Crippen LogP contribution is 1.97. The zero-order valence-electron chi connectivity index (χ0n) is 8.41. The van der Waals surface area contributed by atoms with Gasteiger partial charge in [-0.3, -0.25) is 9.69 Å². The van der Waals surface area contributed by atoms with E-state index in [-0.39, 0.29) is 18.6 Å². The lowest BCUT2D eigenvalue weighted by Crippen LogP contribution is -2.37. The molecule has 0 aliphatic carbocycles. The molecule has 0 amide bonds. The van der Waals surface area contributed by atoms with Crippen molar-refractivity contribution >= 4 is 5.97 Å². The number of ether oxygens (including phenoxy) is 1. The van der Waals surface area contributed by atoms with Crippen molar-refractivity contribution in [2.45, 2.75) is 26.8 Å². The Kier molecular flexibility index (Phi) is 5.90. The van der Waals surface area contributed by atoms with Gasteiger partial charge in [-0.1, -0.05) is 6.92 Å². The molecule has 0 bridgehead atoms. The van der Waals surface area contributed by atoms with Crippen molar-refractivity contribution in [3.8, 4) is 6.07 Å². The predicted molar refractivity (Wildman–Crippen MR) is 49.0 cm³/mol. The molecule has 4 heteroatoms. The summed E-state index contributed by atoms with van der Waals surface area (Å²) in [5.74, 6) is -0.272. The van der Waals surface area contributed by atoms with E-state index in [2.05, 4.69) is 6.07 Å². The van der Waals surface area contributed by atoms with Crippen LogP contribution in [0, 0.1) is 11.3 Å². The van der Waals surface area contributed by atoms with Crippen molar-refractivity contribution in [1.29, 1.82) is 5.26 Å². The van der Waals surface area contributed by atoms with Gasteiger partial charge in [-0.15, -0.1) is 0 Å². The Balaban J connectivity index is 3.99. The molecule has 13 heavy (non-hydrogen) atoms. The molecule has 0 aliphatic heterocycles. The summed E-state index contributed by atoms with van der Waals surface area (Å²) >= 11 is 0. The number of hydrogen-bond donors (Lipinski definition) is 0. The Hall–Kier alpha value is -1.08. The highest BCUT2D eigenvalue weighted by Gasteiger charge is 2.15. The Morgan fingerprint density at radius 2 is 2.23 bits per heavy atom. The number of rotatable bonds is 5. The van der Waals surface area contributed by atoms with Gasteiger partial charge < -0.3 is 4.74 Å². The molecule has 0 aromatic heterocycles. The molecule has 0 radical (unpaired) electrons. The molecule has 0 aliphatic rings. The minimum atomic E-state index is -0.272. The van der Waals surface area contributed by atoms with E-state index in [0.717, 1.165) is 0 Å². The third kappa shape index (κ3) is 4.48. The van der Waals surface area contributed by atoms with Crippen LogP contribution >= 0.6 is 0 Å². The summed E-state index contributed by atoms with van der Waals surface area (Å²) in [6.45, 7) is 6.70. The zero-order valence-corrected chi connectivity index (χ0v) is 8.41. The fourth-order valence-electron chi connectivity index (χ4n) is 0.977. The lowest BCUT2D eigenvalue weighted by Gasteiger charge is -2.20. The maximum absolute atomic E-state index is 11.1. The SMILES string of the molecule is CCOC(=O)CN(CC)C(C)C#N. The van der Waals surface area contributed by atoms with Gasteiger partial charge in [-0.2, -0.15) is 5.26 Å². The molecule has 0 spiro atoms. The van der Waals surface area contributed by atoms with Crippen molar-refractivity contribution in [2.75, 3.05) is 19.7 Å². The van der Waals surface area contributed by atoms with Crippen LogP contribution in [0.1, 0.15) is 20.8 Å². The molecule has 0 saturated carbocycles. The summed E-state index contributed by atoms with van der Waals surface area (Å²) in [4.78, 5) is 12.8. The van der Waals surface area contributed by atoms with Crippen molar-refractivity contribution in [2.24, 2.45) is 0 Å². The minimum Gasteiger partial charge on any atom is -0.465 e. The van der Waals surface area contributed by atoms with Crippen LogP contribution in [-0.4, -0.2) is 36.6 Å². The monoisotopic (exact) mass is 184 g/mol. The molecule has 4 nitrogen and oxygen atoms in total. The molecule has 0 aromatic carbocycles. The summed E-state index contributed by atoms with van der Waals surface area (Å²) in [5.41, 5.74) is 0. The second-order valence-corrected chi connectivity index (χ2v) is 2.67. The van der Waals surface area contributed by atoms with E-state index in [1.54, 1.807) is 18.7 Å². The van der Waals surface area contributed by atoms with Crippen LogP contribution in [0.25, 0.3) is 0 Å². The van der Waals surface area contributed by atoms with Gasteiger partial charge in [0.2, 0.25) is 0 Å². The largest absolute Gasteiger partial charge is 0.465 e. The number of esters is 1. The molecule has 1 atom stereocenters. The van der Waals surface area contributed by atoms with Crippen molar-refractivity contribution in [3.05, 3.63) is 0 Å². The Morgan fingerprint density at radius 3 is 2.62 bits per heavy atom. The molecule has 0 saturated heterocycles. The van der Waals surface area contributed by atoms with Gasteiger partial charge in [0.15, 0.2) is 0 Å². The van der Waals surface area contributed by atoms with E-state index in [9.17, 15) is 4.79 Å². The van der Waals surface area contributed by atoms with E-state index in [0.29, 0.717) is 13.2 Å². The molecule has 0 aromatic rings. The molecule has 0 N–H and O–H groups in total. The van der Waals surface area contributed by atoms with E-state index < -0.39 is 0 Å². The van der Waals surface area contributed by atoms with Crippen molar-refractivity contribution in [1.82, 2.24) is 4.90 Å². The molecule has 0 rings (SSSR count). The van der Waals surface area contributed by atoms with E-state index in [1.165, 1.54) is 0 Å². The molecular weight excluding hydrogens is 168 g/mol. The normalized spacial score (nSPS) is 12.2. The van der Waals surface area contributed by atoms with Gasteiger partial charge in [-0.25, -0.2) is 0 Å². The number of carbonyl (C=O) groups excluding carboxylic acids is 1. The summed E-state index contributed by atoms with van der Waals surface area (Å²) in [6, 6.07) is 1.84. The molecule has 0 fully saturated rings. The molecular formula is C9H16N2O2. The van der Waals surface area contributed by atoms with Crippen molar-refractivity contribution < 1.29 is 9.53 Å². The van der Waals surface area contributed by atoms with Gasteiger partial charge in [0.05, 0.1) is 25.3 Å². The first kappa shape index (κ1) is 11.9. The average molecular weight is 184 g/mol. The minimum absolute atomic E-state index is 0.194. The first-order chi connectivity index (χ1) is 6.15. The number of likely N-dealkylation sites (N-methyl/N-ethyl adjacent to an activating group) is 1. The number of nitriles is 1. The highest BCUT2D eigenvalue weighted by molar-refractivity contribution is 5.71. The topological polar surface area (TPSA) is 53.3 Å². The third-order valence-electron chi connectivity index (χ3n) is 1.78. The zero-order chi connectivity index (χ0) is 10.3. The maximum Gasteiger partial charge on any atom is 0.320 e. The van der Waals surface area contributed by atoms with Crippen LogP contribution < -0.4 is 0 Å². The molecule has 74 valence electrons. The second-order valence-electron chi connectivity index (χ2n) is 2.67. The first-order valence-corrected chi connectivity index (χ1v) is 4.44. The fourth-order valence-corrected chi connectivity index (χ4v) is 0.977.